The van der Waals surface area contributed by atoms with Crippen LogP contribution in [-0.4, -0.2) is 17.5 Å². The van der Waals surface area contributed by atoms with Gasteiger partial charge in [0.15, 0.2) is 0 Å². The van der Waals surface area contributed by atoms with Crippen LogP contribution in [0.4, 0.5) is 5.69 Å². The molecule has 0 saturated carbocycles. The molecule has 0 amide bonds. The van der Waals surface area contributed by atoms with E-state index in [1.165, 1.54) is 32.5 Å². The summed E-state index contributed by atoms with van der Waals surface area (Å²) in [7, 11) is 0. The lowest BCUT2D eigenvalue weighted by atomic mass is 10.1. The maximum absolute atomic E-state index is 4.64. The third-order valence-electron chi connectivity index (χ3n) is 4.80. The number of benzene rings is 2. The first-order valence-electron chi connectivity index (χ1n) is 9.09. The predicted molar refractivity (Wildman–Crippen MR) is 115 cm³/mol. The van der Waals surface area contributed by atoms with Crippen LogP contribution in [0.2, 0.25) is 0 Å². The van der Waals surface area contributed by atoms with Crippen LogP contribution in [0.25, 0.3) is 33.5 Å². The second-order valence-electron chi connectivity index (χ2n) is 6.36. The monoisotopic (exact) mass is 358 g/mol. The van der Waals surface area contributed by atoms with E-state index >= 15 is 0 Å². The second-order valence-corrected chi connectivity index (χ2v) is 7.17. The van der Waals surface area contributed by atoms with Crippen molar-refractivity contribution in [3.8, 4) is 11.3 Å². The molecule has 26 heavy (non-hydrogen) atoms. The molecule has 0 N–H and O–H groups in total. The maximum Gasteiger partial charge on any atom is 0.0845 e. The van der Waals surface area contributed by atoms with Gasteiger partial charge in [-0.1, -0.05) is 42.5 Å². The quantitative estimate of drug-likeness (QED) is 0.409. The number of hydrogen-bond acceptors (Lipinski definition) is 3. The summed E-state index contributed by atoms with van der Waals surface area (Å²) < 4.78 is 5.87. The molecule has 0 unspecified atom stereocenters. The van der Waals surface area contributed by atoms with Crippen molar-refractivity contribution in [1.29, 1.82) is 0 Å². The number of hydrogen-bond donors (Lipinski definition) is 0. The Balaban J connectivity index is 1.61. The van der Waals surface area contributed by atoms with Gasteiger partial charge in [-0.05, 0) is 66.8 Å². The number of anilines is 1. The highest BCUT2D eigenvalue weighted by molar-refractivity contribution is 7.13. The Bertz CT molecular complexity index is 1010. The molecule has 130 valence electrons. The van der Waals surface area contributed by atoms with Gasteiger partial charge in [0.25, 0.3) is 0 Å². The number of rotatable bonds is 5. The van der Waals surface area contributed by atoms with E-state index in [1.54, 1.807) is 11.5 Å². The highest BCUT2D eigenvalue weighted by atomic mass is 32.1. The van der Waals surface area contributed by atoms with Gasteiger partial charge in [0.1, 0.15) is 0 Å². The Morgan fingerprint density at radius 1 is 0.885 bits per heavy atom. The molecule has 2 nitrogen and oxygen atoms in total. The second kappa shape index (κ2) is 7.30. The van der Waals surface area contributed by atoms with Gasteiger partial charge in [-0.15, -0.1) is 0 Å². The van der Waals surface area contributed by atoms with Gasteiger partial charge < -0.3 is 4.90 Å². The van der Waals surface area contributed by atoms with Crippen LogP contribution >= 0.6 is 11.5 Å². The molecule has 0 atom stereocenters. The fourth-order valence-electron chi connectivity index (χ4n) is 3.35. The van der Waals surface area contributed by atoms with Crippen molar-refractivity contribution in [2.45, 2.75) is 13.8 Å². The van der Waals surface area contributed by atoms with Crippen molar-refractivity contribution in [3.05, 3.63) is 71.8 Å². The minimum atomic E-state index is 1.04. The highest BCUT2D eigenvalue weighted by Crippen LogP contribution is 2.34. The average molecular weight is 359 g/mol. The van der Waals surface area contributed by atoms with E-state index in [1.807, 2.05) is 0 Å². The highest BCUT2D eigenvalue weighted by Gasteiger charge is 2.11. The van der Waals surface area contributed by atoms with Crippen molar-refractivity contribution in [2.24, 2.45) is 0 Å². The summed E-state index contributed by atoms with van der Waals surface area (Å²) >= 11 is 1.56. The molecule has 0 aromatic heterocycles. The normalized spacial score (nSPS) is 11.6. The van der Waals surface area contributed by atoms with E-state index in [4.69, 9.17) is 0 Å². The van der Waals surface area contributed by atoms with Gasteiger partial charge in [-0.2, -0.15) is 4.37 Å². The number of nitrogens with zero attached hydrogens (tertiary/aromatic N) is 2. The topological polar surface area (TPSA) is 16.1 Å². The van der Waals surface area contributed by atoms with Crippen molar-refractivity contribution in [1.82, 2.24) is 4.37 Å². The average Bonchev–Trinajstić information content (AvgIpc) is 3.12. The smallest absolute Gasteiger partial charge is 0.0845 e. The Labute approximate surface area is 158 Å². The Morgan fingerprint density at radius 3 is 2.38 bits per heavy atom. The van der Waals surface area contributed by atoms with Crippen LogP contribution in [-0.2, 0) is 0 Å². The lowest BCUT2D eigenvalue weighted by molar-refractivity contribution is 0.866. The number of fused-ring (bicyclic) bond motifs is 3. The summed E-state index contributed by atoms with van der Waals surface area (Å²) in [6.45, 7) is 6.45. The van der Waals surface area contributed by atoms with Crippen LogP contribution in [0.1, 0.15) is 25.0 Å². The molecule has 1 heterocycles. The van der Waals surface area contributed by atoms with E-state index in [0.29, 0.717) is 0 Å². The minimum absolute atomic E-state index is 1.04. The summed E-state index contributed by atoms with van der Waals surface area (Å²) in [5.41, 5.74) is 6.00. The summed E-state index contributed by atoms with van der Waals surface area (Å²) in [5.74, 6) is 0. The van der Waals surface area contributed by atoms with Crippen molar-refractivity contribution >= 4 is 39.5 Å². The lowest BCUT2D eigenvalue weighted by Crippen LogP contribution is -2.21. The fourth-order valence-corrected chi connectivity index (χ4v) is 4.11. The van der Waals surface area contributed by atoms with Crippen LogP contribution in [0.15, 0.2) is 60.7 Å². The largest absolute Gasteiger partial charge is 0.372 e. The molecule has 1 aliphatic carbocycles. The minimum Gasteiger partial charge on any atom is -0.372 e. The van der Waals surface area contributed by atoms with Crippen molar-refractivity contribution in [2.75, 3.05) is 18.0 Å². The molecule has 2 aromatic carbocycles. The van der Waals surface area contributed by atoms with E-state index in [2.05, 4.69) is 95.9 Å². The summed E-state index contributed by atoms with van der Waals surface area (Å²) in [4.78, 5) is 2.36. The molecule has 3 heteroatoms. The lowest BCUT2D eigenvalue weighted by Gasteiger charge is -2.20. The molecular weight excluding hydrogens is 336 g/mol. The third-order valence-corrected chi connectivity index (χ3v) is 5.64. The van der Waals surface area contributed by atoms with E-state index in [-0.39, 0.29) is 0 Å². The van der Waals surface area contributed by atoms with E-state index in [0.717, 1.165) is 18.8 Å². The van der Waals surface area contributed by atoms with Crippen molar-refractivity contribution < 1.29 is 0 Å². The Hall–Kier alpha value is -2.65. The standard InChI is InChI=1S/C23H22N2S/c1-3-25(4-2)19-13-11-17(12-14-19)9-10-18-15-21-20-7-5-6-8-23(20)26-24-22(21)16-18/h5-16H,3-4H2,1-2H3. The van der Waals surface area contributed by atoms with E-state index in [9.17, 15) is 0 Å². The number of aromatic nitrogens is 1. The Morgan fingerprint density at radius 2 is 1.62 bits per heavy atom. The van der Waals surface area contributed by atoms with Crippen LogP contribution in [0, 0.1) is 0 Å². The molecule has 0 radical (unpaired) electrons. The third kappa shape index (κ3) is 3.23. The van der Waals surface area contributed by atoms with Gasteiger partial charge in [0.05, 0.1) is 10.4 Å². The molecule has 1 aliphatic heterocycles. The van der Waals surface area contributed by atoms with Crippen molar-refractivity contribution in [3.63, 3.8) is 0 Å². The molecule has 0 saturated heterocycles. The molecule has 0 fully saturated rings. The molecule has 4 rings (SSSR count). The molecule has 2 aliphatic rings. The maximum atomic E-state index is 4.64. The van der Waals surface area contributed by atoms with E-state index < -0.39 is 0 Å². The zero-order valence-electron chi connectivity index (χ0n) is 15.1. The van der Waals surface area contributed by atoms with Gasteiger partial charge in [0, 0.05) is 29.7 Å². The summed E-state index contributed by atoms with van der Waals surface area (Å²) in [6.07, 6.45) is 4.35. The van der Waals surface area contributed by atoms with Gasteiger partial charge in [-0.25, -0.2) is 0 Å². The summed E-state index contributed by atoms with van der Waals surface area (Å²) in [6, 6.07) is 21.6. The fraction of sp³-hybridized carbons (Fsp3) is 0.174. The van der Waals surface area contributed by atoms with Crippen LogP contribution in [0.3, 0.4) is 0 Å². The zero-order chi connectivity index (χ0) is 17.9. The van der Waals surface area contributed by atoms with Gasteiger partial charge in [0.2, 0.25) is 0 Å². The van der Waals surface area contributed by atoms with Crippen LogP contribution < -0.4 is 4.90 Å². The Kier molecular flexibility index (Phi) is 4.72. The van der Waals surface area contributed by atoms with Crippen LogP contribution in [0.5, 0.6) is 0 Å². The molecule has 0 bridgehead atoms. The first kappa shape index (κ1) is 16.8. The van der Waals surface area contributed by atoms with Gasteiger partial charge >= 0.3 is 0 Å². The molecule has 0 spiro atoms. The SMILES string of the molecule is CCN(CC)c1ccc(C=Cc2cc3nsc4ccccc4c-3c2)cc1. The van der Waals surface area contributed by atoms with Gasteiger partial charge in [-0.3, -0.25) is 0 Å². The summed E-state index contributed by atoms with van der Waals surface area (Å²) in [5, 5.41) is 1.28. The first-order valence-corrected chi connectivity index (χ1v) is 9.87. The molecular formula is C23H22N2S. The zero-order valence-corrected chi connectivity index (χ0v) is 16.0. The molecule has 2 aromatic rings. The first-order chi connectivity index (χ1) is 12.8. The predicted octanol–water partition coefficient (Wildman–Crippen LogP) is 6.42.